The summed E-state index contributed by atoms with van der Waals surface area (Å²) < 4.78 is 20.4. The molecule has 0 aliphatic heterocycles. The number of benzene rings is 1. The molecule has 0 radical (unpaired) electrons. The maximum Gasteiger partial charge on any atom is 0.339 e. The van der Waals surface area contributed by atoms with Crippen LogP contribution in [0.2, 0.25) is 0 Å². The van der Waals surface area contributed by atoms with E-state index in [-0.39, 0.29) is 11.9 Å². The van der Waals surface area contributed by atoms with E-state index < -0.39 is 11.9 Å². The second-order valence-electron chi connectivity index (χ2n) is 11.6. The van der Waals surface area contributed by atoms with Crippen LogP contribution in [0.1, 0.15) is 177 Å². The van der Waals surface area contributed by atoms with Crippen molar-refractivity contribution in [3.05, 3.63) is 35.4 Å². The van der Waals surface area contributed by atoms with Crippen LogP contribution < -0.4 is 0 Å². The molecule has 0 saturated heterocycles. The molecule has 0 bridgehead atoms. The summed E-state index contributed by atoms with van der Waals surface area (Å²) >= 11 is 0. The number of carbonyl (C=O) groups is 4. The second-order valence-corrected chi connectivity index (χ2v) is 11.6. The molecule has 0 aromatic heterocycles. The van der Waals surface area contributed by atoms with E-state index in [1.807, 2.05) is 13.8 Å². The first-order chi connectivity index (χ1) is 22.4. The van der Waals surface area contributed by atoms with E-state index in [1.54, 1.807) is 24.3 Å². The molecule has 0 spiro atoms. The number of unbranched alkanes of at least 4 members (excludes halogenated alkanes) is 15. The molecule has 8 heteroatoms. The van der Waals surface area contributed by atoms with Crippen molar-refractivity contribution in [2.24, 2.45) is 0 Å². The van der Waals surface area contributed by atoms with Gasteiger partial charge < -0.3 is 18.9 Å². The summed E-state index contributed by atoms with van der Waals surface area (Å²) in [5.41, 5.74) is 0.586. The van der Waals surface area contributed by atoms with Crippen LogP contribution in [0.15, 0.2) is 24.3 Å². The lowest BCUT2D eigenvalue weighted by atomic mass is 10.1. The molecule has 0 aliphatic rings. The van der Waals surface area contributed by atoms with Gasteiger partial charge in [0.15, 0.2) is 0 Å². The molecule has 0 atom stereocenters. The number of carbonyl (C=O) groups excluding carboxylic acids is 4. The molecule has 264 valence electrons. The summed E-state index contributed by atoms with van der Waals surface area (Å²) in [4.78, 5) is 46.8. The Labute approximate surface area is 279 Å². The minimum absolute atomic E-state index is 0.0974. The van der Waals surface area contributed by atoms with Gasteiger partial charge in [-0.1, -0.05) is 116 Å². The molecule has 0 aliphatic carbocycles. The fraction of sp³-hybridized carbons (Fsp3) is 0.737. The van der Waals surface area contributed by atoms with Gasteiger partial charge in [-0.25, -0.2) is 9.59 Å². The summed E-state index contributed by atoms with van der Waals surface area (Å²) in [5.74, 6) is -1.08. The molecular formula is C38H64O8. The molecule has 0 N–H and O–H groups in total. The third kappa shape index (κ3) is 25.3. The molecule has 46 heavy (non-hydrogen) atoms. The Balaban J connectivity index is 0.000000973. The van der Waals surface area contributed by atoms with Crippen LogP contribution in [-0.4, -0.2) is 50.3 Å². The van der Waals surface area contributed by atoms with Gasteiger partial charge in [-0.05, 0) is 51.7 Å². The lowest BCUT2D eigenvalue weighted by Crippen LogP contribution is -2.15. The average molecular weight is 649 g/mol. The predicted molar refractivity (Wildman–Crippen MR) is 184 cm³/mol. The van der Waals surface area contributed by atoms with E-state index in [4.69, 9.17) is 18.9 Å². The third-order valence-corrected chi connectivity index (χ3v) is 7.45. The van der Waals surface area contributed by atoms with Crippen molar-refractivity contribution in [1.82, 2.24) is 0 Å². The normalized spacial score (nSPS) is 10.4. The van der Waals surface area contributed by atoms with E-state index in [0.717, 1.165) is 64.2 Å². The maximum absolute atomic E-state index is 12.4. The maximum atomic E-state index is 12.4. The Hall–Kier alpha value is -2.90. The Kier molecular flexibility index (Phi) is 30.0. The SMILES string of the molecule is CCCCCCCCOC(=O)c1ccccc1C(=O)OCCCCCCCC.CCOC(=O)CCCCCCCCC(=O)OCC. The van der Waals surface area contributed by atoms with Gasteiger partial charge in [0, 0.05) is 12.8 Å². The number of esters is 4. The van der Waals surface area contributed by atoms with Gasteiger partial charge in [-0.2, -0.15) is 0 Å². The van der Waals surface area contributed by atoms with Crippen LogP contribution in [0.25, 0.3) is 0 Å². The predicted octanol–water partition coefficient (Wildman–Crippen LogP) is 9.95. The smallest absolute Gasteiger partial charge is 0.339 e. The van der Waals surface area contributed by atoms with E-state index in [0.29, 0.717) is 50.4 Å². The van der Waals surface area contributed by atoms with Crippen molar-refractivity contribution in [3.8, 4) is 0 Å². The van der Waals surface area contributed by atoms with E-state index in [1.165, 1.54) is 51.4 Å². The van der Waals surface area contributed by atoms with Gasteiger partial charge >= 0.3 is 23.9 Å². The fourth-order valence-corrected chi connectivity index (χ4v) is 4.80. The van der Waals surface area contributed by atoms with Crippen molar-refractivity contribution in [1.29, 1.82) is 0 Å². The Morgan fingerprint density at radius 2 is 0.761 bits per heavy atom. The highest BCUT2D eigenvalue weighted by Crippen LogP contribution is 2.14. The molecule has 8 nitrogen and oxygen atoms in total. The first kappa shape index (κ1) is 43.1. The van der Waals surface area contributed by atoms with Crippen LogP contribution in [0.5, 0.6) is 0 Å². The van der Waals surface area contributed by atoms with Crippen molar-refractivity contribution in [2.75, 3.05) is 26.4 Å². The topological polar surface area (TPSA) is 105 Å². The van der Waals surface area contributed by atoms with Crippen LogP contribution in [0.4, 0.5) is 0 Å². The molecule has 1 aromatic rings. The molecule has 0 heterocycles. The number of hydrogen-bond donors (Lipinski definition) is 0. The zero-order valence-corrected chi connectivity index (χ0v) is 29.5. The molecular weight excluding hydrogens is 584 g/mol. The molecule has 1 rings (SSSR count). The molecule has 0 unspecified atom stereocenters. The van der Waals surface area contributed by atoms with Gasteiger partial charge in [0.1, 0.15) is 0 Å². The van der Waals surface area contributed by atoms with Crippen molar-refractivity contribution < 1.29 is 38.1 Å². The van der Waals surface area contributed by atoms with Crippen molar-refractivity contribution >= 4 is 23.9 Å². The lowest BCUT2D eigenvalue weighted by Gasteiger charge is -2.10. The van der Waals surface area contributed by atoms with Crippen LogP contribution >= 0.6 is 0 Å². The quantitative estimate of drug-likeness (QED) is 0.0527. The van der Waals surface area contributed by atoms with E-state index in [2.05, 4.69) is 13.8 Å². The standard InChI is InChI=1S/C24H38O4.C14H26O4/c1-3-5-7-9-11-15-19-27-23(25)21-17-13-14-18-22(21)24(26)28-20-16-12-10-8-6-4-2;1-3-17-13(15)11-9-7-5-6-8-10-12-14(16)18-4-2/h13-14,17-18H,3-12,15-16,19-20H2,1-2H3;3-12H2,1-2H3. The highest BCUT2D eigenvalue weighted by molar-refractivity contribution is 6.03. The van der Waals surface area contributed by atoms with Gasteiger partial charge in [0.2, 0.25) is 0 Å². The van der Waals surface area contributed by atoms with Crippen LogP contribution in [-0.2, 0) is 28.5 Å². The highest BCUT2D eigenvalue weighted by atomic mass is 16.5. The first-order valence-electron chi connectivity index (χ1n) is 18.2. The Bertz CT molecular complexity index is 841. The van der Waals surface area contributed by atoms with Crippen molar-refractivity contribution in [2.45, 2.75) is 156 Å². The summed E-state index contributed by atoms with van der Waals surface area (Å²) in [6.07, 6.45) is 20.8. The fourth-order valence-electron chi connectivity index (χ4n) is 4.80. The number of rotatable bonds is 27. The number of ether oxygens (including phenoxy) is 4. The van der Waals surface area contributed by atoms with Gasteiger partial charge in [0.25, 0.3) is 0 Å². The minimum Gasteiger partial charge on any atom is -0.466 e. The third-order valence-electron chi connectivity index (χ3n) is 7.45. The minimum atomic E-state index is -0.444. The highest BCUT2D eigenvalue weighted by Gasteiger charge is 2.18. The van der Waals surface area contributed by atoms with Gasteiger partial charge in [-0.15, -0.1) is 0 Å². The second kappa shape index (κ2) is 32.1. The zero-order chi connectivity index (χ0) is 34.1. The Morgan fingerprint density at radius 3 is 1.11 bits per heavy atom. The summed E-state index contributed by atoms with van der Waals surface area (Å²) in [7, 11) is 0. The zero-order valence-electron chi connectivity index (χ0n) is 29.5. The molecule has 0 saturated carbocycles. The largest absolute Gasteiger partial charge is 0.466 e. The van der Waals surface area contributed by atoms with Gasteiger partial charge in [0.05, 0.1) is 37.6 Å². The van der Waals surface area contributed by atoms with Crippen molar-refractivity contribution in [3.63, 3.8) is 0 Å². The lowest BCUT2D eigenvalue weighted by molar-refractivity contribution is -0.144. The van der Waals surface area contributed by atoms with Crippen LogP contribution in [0, 0.1) is 0 Å². The summed E-state index contributed by atoms with van der Waals surface area (Å²) in [5, 5.41) is 0. The van der Waals surface area contributed by atoms with Crippen LogP contribution in [0.3, 0.4) is 0 Å². The van der Waals surface area contributed by atoms with E-state index >= 15 is 0 Å². The molecule has 0 amide bonds. The monoisotopic (exact) mass is 648 g/mol. The number of hydrogen-bond acceptors (Lipinski definition) is 8. The molecule has 1 aromatic carbocycles. The van der Waals surface area contributed by atoms with E-state index in [9.17, 15) is 19.2 Å². The molecule has 0 fully saturated rings. The van der Waals surface area contributed by atoms with Gasteiger partial charge in [-0.3, -0.25) is 9.59 Å². The Morgan fingerprint density at radius 1 is 0.435 bits per heavy atom. The summed E-state index contributed by atoms with van der Waals surface area (Å²) in [6.45, 7) is 9.75. The summed E-state index contributed by atoms with van der Waals surface area (Å²) in [6, 6.07) is 6.74. The average Bonchev–Trinajstić information content (AvgIpc) is 3.05. The first-order valence-corrected chi connectivity index (χ1v) is 18.2.